The number of hydrogen-bond acceptors (Lipinski definition) is 1. The van der Waals surface area contributed by atoms with Gasteiger partial charge < -0.3 is 4.79 Å². The molecule has 0 N–H and O–H groups in total. The fraction of sp³-hybridized carbons (Fsp3) is 0.235. The molecular formula is C17H20OSi. The predicted octanol–water partition coefficient (Wildman–Crippen LogP) is 2.64. The van der Waals surface area contributed by atoms with Crippen molar-refractivity contribution in [2.75, 3.05) is 0 Å². The molecule has 98 valence electrons. The van der Waals surface area contributed by atoms with Gasteiger partial charge in [-0.3, -0.25) is 0 Å². The molecule has 0 saturated carbocycles. The van der Waals surface area contributed by atoms with Gasteiger partial charge in [-0.15, -0.1) is 0 Å². The monoisotopic (exact) mass is 268 g/mol. The van der Waals surface area contributed by atoms with Crippen molar-refractivity contribution >= 4 is 23.9 Å². The van der Waals surface area contributed by atoms with Gasteiger partial charge in [0.05, 0.1) is 0 Å². The topological polar surface area (TPSA) is 17.1 Å². The third kappa shape index (κ3) is 2.54. The summed E-state index contributed by atoms with van der Waals surface area (Å²) >= 11 is 0. The number of carbonyl (C=O) groups is 1. The van der Waals surface area contributed by atoms with Crippen LogP contribution in [0.4, 0.5) is 0 Å². The minimum absolute atomic E-state index is 0.0667. The summed E-state index contributed by atoms with van der Waals surface area (Å²) in [5.41, 5.74) is 0. The van der Waals surface area contributed by atoms with Crippen LogP contribution in [0.15, 0.2) is 60.7 Å². The molecule has 0 heterocycles. The fourth-order valence-corrected chi connectivity index (χ4v) is 6.35. The molecule has 0 aliphatic rings. The first-order chi connectivity index (χ1) is 9.06. The van der Waals surface area contributed by atoms with Crippen molar-refractivity contribution in [1.29, 1.82) is 0 Å². The van der Waals surface area contributed by atoms with E-state index in [1.807, 2.05) is 50.2 Å². The molecule has 0 aliphatic heterocycles. The van der Waals surface area contributed by atoms with E-state index in [9.17, 15) is 4.79 Å². The van der Waals surface area contributed by atoms with Crippen LogP contribution in [0.25, 0.3) is 0 Å². The molecule has 0 fully saturated rings. The zero-order valence-electron chi connectivity index (χ0n) is 11.8. The summed E-state index contributed by atoms with van der Waals surface area (Å²) in [7, 11) is -2.31. The Balaban J connectivity index is 2.61. The van der Waals surface area contributed by atoms with Crippen LogP contribution < -0.4 is 10.4 Å². The molecular weight excluding hydrogens is 248 g/mol. The molecule has 0 saturated heterocycles. The molecule has 1 nitrogen and oxygen atoms in total. The van der Waals surface area contributed by atoms with E-state index in [-0.39, 0.29) is 5.92 Å². The molecule has 0 bridgehead atoms. The van der Waals surface area contributed by atoms with Gasteiger partial charge >= 0.3 is 0 Å². The van der Waals surface area contributed by atoms with Crippen molar-refractivity contribution in [3.8, 4) is 0 Å². The largest absolute Gasteiger partial charge is 0.304 e. The lowest BCUT2D eigenvalue weighted by atomic mass is 10.3. The Labute approximate surface area is 116 Å². The van der Waals surface area contributed by atoms with Gasteiger partial charge in [0.1, 0.15) is 5.41 Å². The van der Waals surface area contributed by atoms with Crippen LogP contribution in [0.2, 0.25) is 6.55 Å². The predicted molar refractivity (Wildman–Crippen MR) is 83.6 cm³/mol. The lowest BCUT2D eigenvalue weighted by molar-refractivity contribution is -0.115. The highest BCUT2D eigenvalue weighted by Gasteiger charge is 2.40. The third-order valence-corrected chi connectivity index (χ3v) is 8.26. The minimum atomic E-state index is -2.31. The lowest BCUT2D eigenvalue weighted by Crippen LogP contribution is -2.63. The first-order valence-electron chi connectivity index (χ1n) is 6.72. The summed E-state index contributed by atoms with van der Waals surface area (Å²) in [5, 5.41) is 2.78. The average molecular weight is 268 g/mol. The van der Waals surface area contributed by atoms with E-state index in [2.05, 4.69) is 30.8 Å². The SMILES string of the molecule is CC(C)C(=O)[Si](C)(c1ccccc1)c1ccccc1. The van der Waals surface area contributed by atoms with Crippen LogP contribution in [0.1, 0.15) is 13.8 Å². The van der Waals surface area contributed by atoms with Gasteiger partial charge in [-0.25, -0.2) is 0 Å². The van der Waals surface area contributed by atoms with Gasteiger partial charge in [-0.05, 0) is 10.4 Å². The first kappa shape index (κ1) is 13.8. The molecule has 19 heavy (non-hydrogen) atoms. The standard InChI is InChI=1S/C17H20OSi/c1-14(2)17(18)19(3,15-10-6-4-7-11-15)16-12-8-5-9-13-16/h4-14H,1-3H3. The Morgan fingerprint density at radius 2 is 1.21 bits per heavy atom. The molecule has 2 rings (SSSR count). The van der Waals surface area contributed by atoms with Crippen molar-refractivity contribution in [2.45, 2.75) is 20.4 Å². The van der Waals surface area contributed by atoms with E-state index in [0.29, 0.717) is 5.41 Å². The van der Waals surface area contributed by atoms with Crippen molar-refractivity contribution in [2.24, 2.45) is 5.92 Å². The smallest absolute Gasteiger partial charge is 0.190 e. The second kappa shape index (κ2) is 5.53. The molecule has 0 radical (unpaired) electrons. The quantitative estimate of drug-likeness (QED) is 0.779. The van der Waals surface area contributed by atoms with Crippen LogP contribution in [0.5, 0.6) is 0 Å². The second-order valence-corrected chi connectivity index (χ2v) is 9.27. The Kier molecular flexibility index (Phi) is 4.01. The summed E-state index contributed by atoms with van der Waals surface area (Å²) in [6.45, 7) is 6.17. The second-order valence-electron chi connectivity index (χ2n) is 5.38. The highest BCUT2D eigenvalue weighted by atomic mass is 28.3. The molecule has 0 aliphatic carbocycles. The molecule has 2 heteroatoms. The molecule has 0 spiro atoms. The van der Waals surface area contributed by atoms with Gasteiger partial charge in [0.15, 0.2) is 8.07 Å². The van der Waals surface area contributed by atoms with E-state index < -0.39 is 8.07 Å². The Hall–Kier alpha value is -1.67. The van der Waals surface area contributed by atoms with Gasteiger partial charge in [0.25, 0.3) is 0 Å². The Morgan fingerprint density at radius 1 is 0.842 bits per heavy atom. The molecule has 0 atom stereocenters. The minimum Gasteiger partial charge on any atom is -0.304 e. The molecule has 0 aromatic heterocycles. The van der Waals surface area contributed by atoms with Crippen LogP contribution in [0, 0.1) is 5.92 Å². The fourth-order valence-electron chi connectivity index (χ4n) is 2.57. The van der Waals surface area contributed by atoms with Crippen molar-refractivity contribution in [1.82, 2.24) is 0 Å². The van der Waals surface area contributed by atoms with E-state index >= 15 is 0 Å². The van der Waals surface area contributed by atoms with Gasteiger partial charge in [-0.2, -0.15) is 0 Å². The summed E-state index contributed by atoms with van der Waals surface area (Å²) < 4.78 is 0. The lowest BCUT2D eigenvalue weighted by Gasteiger charge is -2.28. The van der Waals surface area contributed by atoms with Crippen LogP contribution >= 0.6 is 0 Å². The number of benzene rings is 2. The maximum Gasteiger partial charge on any atom is 0.190 e. The van der Waals surface area contributed by atoms with E-state index in [1.165, 1.54) is 10.4 Å². The van der Waals surface area contributed by atoms with Crippen molar-refractivity contribution in [3.63, 3.8) is 0 Å². The normalized spacial score (nSPS) is 11.6. The van der Waals surface area contributed by atoms with E-state index in [0.717, 1.165) is 0 Å². The number of carbonyl (C=O) groups excluding carboxylic acids is 1. The highest BCUT2D eigenvalue weighted by Crippen LogP contribution is 2.12. The van der Waals surface area contributed by atoms with Gasteiger partial charge in [-0.1, -0.05) is 81.1 Å². The molecule has 2 aromatic carbocycles. The maximum absolute atomic E-state index is 12.8. The average Bonchev–Trinajstić information content (AvgIpc) is 2.47. The third-order valence-electron chi connectivity index (χ3n) is 3.72. The zero-order valence-corrected chi connectivity index (χ0v) is 12.8. The van der Waals surface area contributed by atoms with Gasteiger partial charge in [0, 0.05) is 5.92 Å². The zero-order chi connectivity index (χ0) is 13.9. The molecule has 0 amide bonds. The number of rotatable bonds is 4. The Bertz CT molecular complexity index is 506. The molecule has 2 aromatic rings. The van der Waals surface area contributed by atoms with Gasteiger partial charge in [0.2, 0.25) is 0 Å². The van der Waals surface area contributed by atoms with Crippen LogP contribution in [-0.4, -0.2) is 13.5 Å². The summed E-state index contributed by atoms with van der Waals surface area (Å²) in [4.78, 5) is 12.8. The number of hydrogen-bond donors (Lipinski definition) is 0. The first-order valence-corrected chi connectivity index (χ1v) is 9.22. The Morgan fingerprint density at radius 3 is 1.53 bits per heavy atom. The van der Waals surface area contributed by atoms with Crippen LogP contribution in [-0.2, 0) is 4.79 Å². The van der Waals surface area contributed by atoms with Crippen LogP contribution in [0.3, 0.4) is 0 Å². The van der Waals surface area contributed by atoms with E-state index in [4.69, 9.17) is 0 Å². The summed E-state index contributed by atoms with van der Waals surface area (Å²) in [5.74, 6) is 0.0667. The van der Waals surface area contributed by atoms with E-state index in [1.54, 1.807) is 0 Å². The summed E-state index contributed by atoms with van der Waals surface area (Å²) in [6.07, 6.45) is 0. The molecule has 0 unspecified atom stereocenters. The van der Waals surface area contributed by atoms with Crippen molar-refractivity contribution < 1.29 is 4.79 Å². The highest BCUT2D eigenvalue weighted by molar-refractivity contribution is 7.21. The van der Waals surface area contributed by atoms with Crippen molar-refractivity contribution in [3.05, 3.63) is 60.7 Å². The summed E-state index contributed by atoms with van der Waals surface area (Å²) in [6, 6.07) is 20.5. The maximum atomic E-state index is 12.8.